The molecule has 1 heterocycles. The minimum Gasteiger partial charge on any atom is -0.495 e. The van der Waals surface area contributed by atoms with Crippen molar-refractivity contribution in [1.82, 2.24) is 9.80 Å². The van der Waals surface area contributed by atoms with Crippen molar-refractivity contribution in [1.29, 1.82) is 0 Å². The lowest BCUT2D eigenvalue weighted by atomic mass is 10.1. The van der Waals surface area contributed by atoms with E-state index in [0.717, 1.165) is 29.9 Å². The topological polar surface area (TPSA) is 73.9 Å². The first kappa shape index (κ1) is 24.0. The molecule has 0 unspecified atom stereocenters. The van der Waals surface area contributed by atoms with Crippen molar-refractivity contribution in [2.45, 2.75) is 26.8 Å². The second kappa shape index (κ2) is 10.8. The van der Waals surface area contributed by atoms with Gasteiger partial charge in [-0.3, -0.25) is 19.4 Å². The monoisotopic (exact) mass is 458 g/mol. The van der Waals surface area contributed by atoms with Crippen LogP contribution in [-0.4, -0.2) is 67.5 Å². The third-order valence-electron chi connectivity index (χ3n) is 5.87. The molecule has 1 aliphatic heterocycles. The Hall–Kier alpha value is -2.61. The maximum atomic E-state index is 12.8. The van der Waals surface area contributed by atoms with Crippen LogP contribution in [0.25, 0.3) is 0 Å². The van der Waals surface area contributed by atoms with Crippen molar-refractivity contribution in [2.24, 2.45) is 0 Å². The smallest absolute Gasteiger partial charge is 0.241 e. The van der Waals surface area contributed by atoms with Crippen LogP contribution in [0, 0.1) is 13.8 Å². The number of halogens is 1. The van der Waals surface area contributed by atoms with Gasteiger partial charge in [-0.15, -0.1) is 0 Å². The van der Waals surface area contributed by atoms with Gasteiger partial charge in [-0.25, -0.2) is 0 Å². The summed E-state index contributed by atoms with van der Waals surface area (Å²) < 4.78 is 5.30. The molecule has 0 radical (unpaired) electrons. The number of benzene rings is 2. The molecule has 172 valence electrons. The summed E-state index contributed by atoms with van der Waals surface area (Å²) in [4.78, 5) is 29.6. The zero-order valence-electron chi connectivity index (χ0n) is 19.1. The normalized spacial score (nSPS) is 15.8. The largest absolute Gasteiger partial charge is 0.495 e. The van der Waals surface area contributed by atoms with Crippen LogP contribution < -0.4 is 15.4 Å². The van der Waals surface area contributed by atoms with E-state index in [-0.39, 0.29) is 17.9 Å². The van der Waals surface area contributed by atoms with Gasteiger partial charge < -0.3 is 15.4 Å². The molecule has 1 atom stereocenters. The summed E-state index contributed by atoms with van der Waals surface area (Å²) in [5.41, 5.74) is 3.55. The van der Waals surface area contributed by atoms with E-state index >= 15 is 0 Å². The standard InChI is InChI=1S/C24H31ClN4O3/c1-16-6-5-7-17(2)23(16)27-22(30)15-28-10-12-29(13-11-28)18(3)24(31)26-20-14-19(25)8-9-21(20)32-4/h5-9,14,18H,10-13,15H2,1-4H3,(H,26,31)(H,27,30)/t18-/m1/s1. The summed E-state index contributed by atoms with van der Waals surface area (Å²) >= 11 is 6.06. The Morgan fingerprint density at radius 3 is 2.34 bits per heavy atom. The van der Waals surface area contributed by atoms with Crippen molar-refractivity contribution in [3.05, 3.63) is 52.5 Å². The average Bonchev–Trinajstić information content (AvgIpc) is 2.76. The number of methoxy groups -OCH3 is 1. The number of para-hydroxylation sites is 1. The predicted octanol–water partition coefficient (Wildman–Crippen LogP) is 3.55. The van der Waals surface area contributed by atoms with Crippen LogP contribution in [0.5, 0.6) is 5.75 Å². The Morgan fingerprint density at radius 1 is 1.06 bits per heavy atom. The van der Waals surface area contributed by atoms with Crippen molar-refractivity contribution >= 4 is 34.8 Å². The first-order valence-corrected chi connectivity index (χ1v) is 11.1. The first-order chi connectivity index (χ1) is 15.3. The number of nitrogens with zero attached hydrogens (tertiary/aromatic N) is 2. The van der Waals surface area contributed by atoms with Gasteiger partial charge in [0.15, 0.2) is 0 Å². The van der Waals surface area contributed by atoms with Gasteiger partial charge in [0.2, 0.25) is 11.8 Å². The van der Waals surface area contributed by atoms with E-state index in [1.54, 1.807) is 25.3 Å². The number of piperazine rings is 1. The summed E-state index contributed by atoms with van der Waals surface area (Å²) in [7, 11) is 1.55. The Bertz CT molecular complexity index is 953. The molecule has 7 nitrogen and oxygen atoms in total. The summed E-state index contributed by atoms with van der Waals surface area (Å²) in [5, 5.41) is 6.48. The molecule has 1 aliphatic rings. The summed E-state index contributed by atoms with van der Waals surface area (Å²) in [6.45, 7) is 9.06. The maximum absolute atomic E-state index is 12.8. The van der Waals surface area contributed by atoms with E-state index in [2.05, 4.69) is 20.4 Å². The Labute approximate surface area is 194 Å². The van der Waals surface area contributed by atoms with Crippen molar-refractivity contribution in [3.63, 3.8) is 0 Å². The molecule has 0 bridgehead atoms. The van der Waals surface area contributed by atoms with Gasteiger partial charge in [-0.05, 0) is 50.1 Å². The quantitative estimate of drug-likeness (QED) is 0.663. The zero-order chi connectivity index (χ0) is 23.3. The van der Waals surface area contributed by atoms with E-state index in [1.165, 1.54) is 0 Å². The molecule has 3 rings (SSSR count). The number of hydrogen-bond acceptors (Lipinski definition) is 5. The van der Waals surface area contributed by atoms with Crippen molar-refractivity contribution in [3.8, 4) is 5.75 Å². The number of aryl methyl sites for hydroxylation is 2. The van der Waals surface area contributed by atoms with Crippen LogP contribution in [0.2, 0.25) is 5.02 Å². The van der Waals surface area contributed by atoms with Crippen LogP contribution in [0.4, 0.5) is 11.4 Å². The van der Waals surface area contributed by atoms with Crippen LogP contribution in [0.1, 0.15) is 18.1 Å². The minimum absolute atomic E-state index is 0.0188. The maximum Gasteiger partial charge on any atom is 0.241 e. The van der Waals surface area contributed by atoms with Gasteiger partial charge in [-0.1, -0.05) is 29.8 Å². The molecule has 0 aromatic heterocycles. The first-order valence-electron chi connectivity index (χ1n) is 10.8. The SMILES string of the molecule is COc1ccc(Cl)cc1NC(=O)[C@@H](C)N1CCN(CC(=O)Nc2c(C)cccc2C)CC1. The molecule has 1 fully saturated rings. The molecule has 2 N–H and O–H groups in total. The number of carbonyl (C=O) groups is 2. The lowest BCUT2D eigenvalue weighted by Crippen LogP contribution is -2.53. The molecule has 2 aromatic carbocycles. The van der Waals surface area contributed by atoms with Gasteiger partial charge in [0.05, 0.1) is 25.4 Å². The number of amides is 2. The van der Waals surface area contributed by atoms with Crippen LogP contribution in [0.3, 0.4) is 0 Å². The highest BCUT2D eigenvalue weighted by Gasteiger charge is 2.27. The zero-order valence-corrected chi connectivity index (χ0v) is 19.8. The van der Waals surface area contributed by atoms with Gasteiger partial charge in [0.25, 0.3) is 0 Å². The Balaban J connectivity index is 1.50. The van der Waals surface area contributed by atoms with E-state index in [4.69, 9.17) is 16.3 Å². The number of hydrogen-bond donors (Lipinski definition) is 2. The molecule has 0 spiro atoms. The Kier molecular flexibility index (Phi) is 8.12. The highest BCUT2D eigenvalue weighted by Crippen LogP contribution is 2.28. The third kappa shape index (κ3) is 6.00. The number of ether oxygens (including phenoxy) is 1. The molecule has 8 heteroatoms. The summed E-state index contributed by atoms with van der Waals surface area (Å²) in [6, 6.07) is 10.8. The molecule has 1 saturated heterocycles. The van der Waals surface area contributed by atoms with Crippen molar-refractivity contribution < 1.29 is 14.3 Å². The van der Waals surface area contributed by atoms with Gasteiger partial charge in [0.1, 0.15) is 5.75 Å². The van der Waals surface area contributed by atoms with E-state index in [0.29, 0.717) is 36.1 Å². The molecule has 2 aromatic rings. The average molecular weight is 459 g/mol. The number of carbonyl (C=O) groups excluding carboxylic acids is 2. The van der Waals surface area contributed by atoms with Crippen molar-refractivity contribution in [2.75, 3.05) is 50.5 Å². The van der Waals surface area contributed by atoms with E-state index in [1.807, 2.05) is 39.0 Å². The predicted molar refractivity (Wildman–Crippen MR) is 129 cm³/mol. The highest BCUT2D eigenvalue weighted by molar-refractivity contribution is 6.31. The number of nitrogens with one attached hydrogen (secondary N) is 2. The molecular formula is C24H31ClN4O3. The van der Waals surface area contributed by atoms with Gasteiger partial charge in [-0.2, -0.15) is 0 Å². The molecule has 32 heavy (non-hydrogen) atoms. The molecule has 2 amide bonds. The van der Waals surface area contributed by atoms with Gasteiger partial charge in [0, 0.05) is 36.9 Å². The Morgan fingerprint density at radius 2 is 1.72 bits per heavy atom. The molecule has 0 aliphatic carbocycles. The van der Waals surface area contributed by atoms with Crippen LogP contribution in [-0.2, 0) is 9.59 Å². The molecular weight excluding hydrogens is 428 g/mol. The van der Waals surface area contributed by atoms with Crippen LogP contribution in [0.15, 0.2) is 36.4 Å². The highest BCUT2D eigenvalue weighted by atomic mass is 35.5. The fourth-order valence-corrected chi connectivity index (χ4v) is 4.06. The minimum atomic E-state index is -0.315. The second-order valence-corrected chi connectivity index (χ2v) is 8.57. The lowest BCUT2D eigenvalue weighted by molar-refractivity contribution is -0.122. The fourth-order valence-electron chi connectivity index (χ4n) is 3.88. The molecule has 0 saturated carbocycles. The number of rotatable bonds is 7. The fraction of sp³-hybridized carbons (Fsp3) is 0.417. The van der Waals surface area contributed by atoms with E-state index in [9.17, 15) is 9.59 Å². The summed E-state index contributed by atoms with van der Waals surface area (Å²) in [6.07, 6.45) is 0. The van der Waals surface area contributed by atoms with Gasteiger partial charge >= 0.3 is 0 Å². The third-order valence-corrected chi connectivity index (χ3v) is 6.10. The number of anilines is 2. The van der Waals surface area contributed by atoms with Crippen LogP contribution >= 0.6 is 11.6 Å². The second-order valence-electron chi connectivity index (χ2n) is 8.14. The summed E-state index contributed by atoms with van der Waals surface area (Å²) in [5.74, 6) is 0.427. The lowest BCUT2D eigenvalue weighted by Gasteiger charge is -2.37. The van der Waals surface area contributed by atoms with E-state index < -0.39 is 0 Å².